The summed E-state index contributed by atoms with van der Waals surface area (Å²) in [5, 5.41) is 4.34. The maximum absolute atomic E-state index is 12.1. The Balaban J connectivity index is 1.51. The van der Waals surface area contributed by atoms with Gasteiger partial charge in [0.2, 0.25) is 5.88 Å². The lowest BCUT2D eigenvalue weighted by molar-refractivity contribution is 0.0988. The van der Waals surface area contributed by atoms with Crippen LogP contribution in [0, 0.1) is 0 Å². The van der Waals surface area contributed by atoms with Gasteiger partial charge in [0, 0.05) is 49.2 Å². The summed E-state index contributed by atoms with van der Waals surface area (Å²) in [7, 11) is 3.55. The number of hydrogen-bond donors (Lipinski definition) is 0. The van der Waals surface area contributed by atoms with E-state index in [-0.39, 0.29) is 11.9 Å². The number of allylic oxidation sites excluding steroid dienone is 1. The van der Waals surface area contributed by atoms with Crippen LogP contribution in [0.15, 0.2) is 36.7 Å². The van der Waals surface area contributed by atoms with Crippen molar-refractivity contribution in [3.05, 3.63) is 70.4 Å². The van der Waals surface area contributed by atoms with Gasteiger partial charge in [-0.3, -0.25) is 9.48 Å². The average molecular weight is 459 g/mol. The molecule has 0 unspecified atom stereocenters. The zero-order chi connectivity index (χ0) is 23.7. The molecule has 176 valence electrons. The average Bonchev–Trinajstić information content (AvgIpc) is 3.60. The molecule has 0 spiro atoms. The van der Waals surface area contributed by atoms with E-state index in [2.05, 4.69) is 11.2 Å². The van der Waals surface area contributed by atoms with E-state index in [9.17, 15) is 4.79 Å². The summed E-state index contributed by atoms with van der Waals surface area (Å²) >= 11 is 0. The third-order valence-electron chi connectivity index (χ3n) is 6.64. The molecule has 1 aromatic carbocycles. The number of methoxy groups -OCH3 is 1. The van der Waals surface area contributed by atoms with Crippen LogP contribution >= 0.6 is 0 Å². The van der Waals surface area contributed by atoms with Crippen molar-refractivity contribution in [1.29, 1.82) is 0 Å². The molecule has 0 atom stereocenters. The second-order valence-corrected chi connectivity index (χ2v) is 9.00. The number of fused-ring (bicyclic) bond motifs is 1. The van der Waals surface area contributed by atoms with Gasteiger partial charge in [-0.15, -0.1) is 0 Å². The van der Waals surface area contributed by atoms with Crippen molar-refractivity contribution in [2.24, 2.45) is 7.05 Å². The molecule has 1 saturated carbocycles. The third kappa shape index (κ3) is 4.34. The second kappa shape index (κ2) is 9.41. The molecule has 0 N–H and O–H groups in total. The lowest BCUT2D eigenvalue weighted by Gasteiger charge is -2.18. The normalized spacial score (nSPS) is 15.3. The van der Waals surface area contributed by atoms with Crippen LogP contribution < -0.4 is 9.47 Å². The molecule has 2 heterocycles. The molecular weight excluding hydrogens is 428 g/mol. The standard InChI is InChI=1S/C27H30N4O3/c1-4-23(32)17-9-10-18(24(13-17)33-3)14-25-29-22-12-11-21(19-15-28-31(2)16-19)26(22)27(30-25)34-20-7-5-6-8-20/h9-11,13,15-16,20H,4-8,12,14H2,1-3H3. The minimum absolute atomic E-state index is 0.0971. The summed E-state index contributed by atoms with van der Waals surface area (Å²) in [6, 6.07) is 5.61. The first-order valence-electron chi connectivity index (χ1n) is 12.0. The topological polar surface area (TPSA) is 79.1 Å². The zero-order valence-corrected chi connectivity index (χ0v) is 20.0. The summed E-state index contributed by atoms with van der Waals surface area (Å²) in [5.74, 6) is 2.13. The molecule has 1 fully saturated rings. The molecule has 0 bridgehead atoms. The van der Waals surface area contributed by atoms with Gasteiger partial charge in [0.1, 0.15) is 17.7 Å². The zero-order valence-electron chi connectivity index (χ0n) is 20.0. The van der Waals surface area contributed by atoms with Crippen molar-refractivity contribution in [2.75, 3.05) is 7.11 Å². The Morgan fingerprint density at radius 1 is 1.21 bits per heavy atom. The highest BCUT2D eigenvalue weighted by molar-refractivity contribution is 5.96. The highest BCUT2D eigenvalue weighted by atomic mass is 16.5. The van der Waals surface area contributed by atoms with Gasteiger partial charge in [-0.1, -0.05) is 25.1 Å². The number of ether oxygens (including phenoxy) is 2. The van der Waals surface area contributed by atoms with Crippen LogP contribution in [0.25, 0.3) is 5.57 Å². The van der Waals surface area contributed by atoms with Gasteiger partial charge < -0.3 is 9.47 Å². The molecule has 0 aliphatic heterocycles. The Labute approximate surface area is 199 Å². The van der Waals surface area contributed by atoms with E-state index in [1.54, 1.807) is 11.8 Å². The number of aromatic nitrogens is 4. The first-order valence-corrected chi connectivity index (χ1v) is 12.0. The molecule has 0 saturated heterocycles. The predicted molar refractivity (Wildman–Crippen MR) is 129 cm³/mol. The number of aryl methyl sites for hydroxylation is 1. The first-order chi connectivity index (χ1) is 16.6. The summed E-state index contributed by atoms with van der Waals surface area (Å²) in [6.07, 6.45) is 12.5. The summed E-state index contributed by atoms with van der Waals surface area (Å²) in [6.45, 7) is 1.86. The maximum Gasteiger partial charge on any atom is 0.225 e. The van der Waals surface area contributed by atoms with E-state index in [4.69, 9.17) is 19.4 Å². The number of benzene rings is 1. The van der Waals surface area contributed by atoms with Gasteiger partial charge in [-0.05, 0) is 37.3 Å². The van der Waals surface area contributed by atoms with Crippen molar-refractivity contribution in [2.45, 2.75) is 58.0 Å². The van der Waals surface area contributed by atoms with Crippen LogP contribution in [0.4, 0.5) is 0 Å². The number of carbonyl (C=O) groups is 1. The van der Waals surface area contributed by atoms with Gasteiger partial charge in [0.05, 0.1) is 24.6 Å². The van der Waals surface area contributed by atoms with E-state index in [1.165, 1.54) is 12.8 Å². The lowest BCUT2D eigenvalue weighted by Crippen LogP contribution is -2.15. The van der Waals surface area contributed by atoms with E-state index < -0.39 is 0 Å². The fourth-order valence-corrected chi connectivity index (χ4v) is 4.84. The SMILES string of the molecule is CCC(=O)c1ccc(Cc2nc3c(c(OC4CCCC4)n2)C(c2cnn(C)c2)=CC3)c(OC)c1. The Kier molecular flexibility index (Phi) is 6.18. The Morgan fingerprint density at radius 3 is 2.74 bits per heavy atom. The number of Topliss-reactive ketones (excluding diaryl/α,β-unsaturated/α-hetero) is 1. The highest BCUT2D eigenvalue weighted by Crippen LogP contribution is 2.39. The van der Waals surface area contributed by atoms with Crippen LogP contribution in [-0.2, 0) is 19.9 Å². The molecule has 7 heteroatoms. The summed E-state index contributed by atoms with van der Waals surface area (Å²) < 4.78 is 13.9. The molecular formula is C27H30N4O3. The van der Waals surface area contributed by atoms with Crippen molar-refractivity contribution in [3.8, 4) is 11.6 Å². The monoisotopic (exact) mass is 458 g/mol. The Morgan fingerprint density at radius 2 is 2.03 bits per heavy atom. The van der Waals surface area contributed by atoms with Gasteiger partial charge in [0.25, 0.3) is 0 Å². The van der Waals surface area contributed by atoms with Crippen molar-refractivity contribution >= 4 is 11.4 Å². The van der Waals surface area contributed by atoms with Gasteiger partial charge in [-0.25, -0.2) is 4.98 Å². The van der Waals surface area contributed by atoms with E-state index in [0.717, 1.165) is 47.2 Å². The molecule has 2 aliphatic carbocycles. The summed E-state index contributed by atoms with van der Waals surface area (Å²) in [4.78, 5) is 22.0. The molecule has 3 aromatic rings. The Bertz CT molecular complexity index is 1250. The van der Waals surface area contributed by atoms with Gasteiger partial charge in [0.15, 0.2) is 5.78 Å². The molecule has 0 radical (unpaired) electrons. The third-order valence-corrected chi connectivity index (χ3v) is 6.64. The van der Waals surface area contributed by atoms with Crippen molar-refractivity contribution in [3.63, 3.8) is 0 Å². The van der Waals surface area contributed by atoms with Crippen LogP contribution in [0.2, 0.25) is 0 Å². The lowest BCUT2D eigenvalue weighted by atomic mass is 10.0. The minimum atomic E-state index is 0.0971. The van der Waals surface area contributed by atoms with E-state index in [1.807, 2.05) is 44.6 Å². The maximum atomic E-state index is 12.1. The molecule has 2 aromatic heterocycles. The molecule has 5 rings (SSSR count). The summed E-state index contributed by atoms with van der Waals surface area (Å²) in [5.41, 5.74) is 5.70. The Hall–Kier alpha value is -3.48. The van der Waals surface area contributed by atoms with E-state index in [0.29, 0.717) is 35.9 Å². The second-order valence-electron chi connectivity index (χ2n) is 9.00. The predicted octanol–water partition coefficient (Wildman–Crippen LogP) is 4.71. The van der Waals surface area contributed by atoms with Crippen molar-refractivity contribution < 1.29 is 14.3 Å². The van der Waals surface area contributed by atoms with Crippen LogP contribution in [-0.4, -0.2) is 38.7 Å². The number of ketones is 1. The molecule has 34 heavy (non-hydrogen) atoms. The molecule has 2 aliphatic rings. The van der Waals surface area contributed by atoms with Crippen molar-refractivity contribution in [1.82, 2.24) is 19.7 Å². The first kappa shape index (κ1) is 22.3. The highest BCUT2D eigenvalue weighted by Gasteiger charge is 2.28. The van der Waals surface area contributed by atoms with Crippen LogP contribution in [0.1, 0.15) is 77.6 Å². The largest absolute Gasteiger partial charge is 0.496 e. The van der Waals surface area contributed by atoms with E-state index >= 15 is 0 Å². The van der Waals surface area contributed by atoms with Crippen LogP contribution in [0.5, 0.6) is 11.6 Å². The number of nitrogens with zero attached hydrogens (tertiary/aromatic N) is 4. The number of hydrogen-bond acceptors (Lipinski definition) is 6. The smallest absolute Gasteiger partial charge is 0.225 e. The fraction of sp³-hybridized carbons (Fsp3) is 0.407. The minimum Gasteiger partial charge on any atom is -0.496 e. The fourth-order valence-electron chi connectivity index (χ4n) is 4.84. The number of carbonyl (C=O) groups excluding carboxylic acids is 1. The number of rotatable bonds is 8. The molecule has 7 nitrogen and oxygen atoms in total. The van der Waals surface area contributed by atoms with Crippen LogP contribution in [0.3, 0.4) is 0 Å². The molecule has 0 amide bonds. The van der Waals surface area contributed by atoms with Gasteiger partial charge >= 0.3 is 0 Å². The quantitative estimate of drug-likeness (QED) is 0.455. The van der Waals surface area contributed by atoms with Gasteiger partial charge in [-0.2, -0.15) is 10.1 Å².